The highest BCUT2D eigenvalue weighted by Crippen LogP contribution is 2.40. The first-order valence-corrected chi connectivity index (χ1v) is 8.88. The van der Waals surface area contributed by atoms with Gasteiger partial charge >= 0.3 is 0 Å². The molecule has 3 aromatic rings. The maximum Gasteiger partial charge on any atom is 0.295 e. The molecule has 0 fully saturated rings. The van der Waals surface area contributed by atoms with E-state index in [1.165, 1.54) is 17.6 Å². The third-order valence-corrected chi connectivity index (χ3v) is 4.97. The van der Waals surface area contributed by atoms with Crippen LogP contribution < -0.4 is 14.4 Å². The molecule has 0 N–H and O–H groups in total. The average molecular weight is 412 g/mol. The van der Waals surface area contributed by atoms with Crippen LogP contribution in [0.3, 0.4) is 0 Å². The normalized spacial score (nSPS) is 10.7. The van der Waals surface area contributed by atoms with Gasteiger partial charge in [0.2, 0.25) is 0 Å². The Morgan fingerprint density at radius 1 is 1.15 bits per heavy atom. The van der Waals surface area contributed by atoms with Crippen molar-refractivity contribution in [1.29, 1.82) is 0 Å². The molecule has 0 spiro atoms. The Morgan fingerprint density at radius 2 is 1.85 bits per heavy atom. The molecule has 0 bridgehead atoms. The number of hydrogen-bond acceptors (Lipinski definition) is 7. The first kappa shape index (κ1) is 21.0. The van der Waals surface area contributed by atoms with Crippen molar-refractivity contribution in [2.24, 2.45) is 0 Å². The Balaban J connectivity index is 0.00000261. The minimum Gasteiger partial charge on any atom is -0.495 e. The van der Waals surface area contributed by atoms with Crippen LogP contribution in [0.2, 0.25) is 0 Å². The molecule has 0 saturated carbocycles. The zero-order valence-electron chi connectivity index (χ0n) is 15.6. The summed E-state index contributed by atoms with van der Waals surface area (Å²) >= 11 is 1.39. The van der Waals surface area contributed by atoms with E-state index < -0.39 is 0 Å². The number of methoxy groups -OCH3 is 2. The van der Waals surface area contributed by atoms with E-state index in [1.807, 2.05) is 31.1 Å². The van der Waals surface area contributed by atoms with Gasteiger partial charge in [0.05, 0.1) is 20.5 Å². The van der Waals surface area contributed by atoms with Gasteiger partial charge in [-0.25, -0.2) is 4.98 Å². The number of nitrogens with zero attached hydrogens (tertiary/aromatic N) is 3. The fraction of sp³-hybridized carbons (Fsp3) is 0.333. The van der Waals surface area contributed by atoms with E-state index in [0.717, 1.165) is 4.70 Å². The van der Waals surface area contributed by atoms with Gasteiger partial charge in [-0.3, -0.25) is 9.69 Å². The van der Waals surface area contributed by atoms with Gasteiger partial charge < -0.3 is 18.8 Å². The number of aromatic nitrogens is 1. The largest absolute Gasteiger partial charge is 0.495 e. The quantitative estimate of drug-likeness (QED) is 0.592. The smallest absolute Gasteiger partial charge is 0.295 e. The molecule has 1 aromatic carbocycles. The van der Waals surface area contributed by atoms with Gasteiger partial charge in [-0.05, 0) is 38.4 Å². The lowest BCUT2D eigenvalue weighted by Crippen LogP contribution is -2.36. The summed E-state index contributed by atoms with van der Waals surface area (Å²) in [6.07, 6.45) is 1.49. The lowest BCUT2D eigenvalue weighted by atomic mass is 10.3. The van der Waals surface area contributed by atoms with Crippen LogP contribution in [-0.4, -0.2) is 57.2 Å². The Labute approximate surface area is 167 Å². The second kappa shape index (κ2) is 9.07. The lowest BCUT2D eigenvalue weighted by molar-refractivity contribution is 0.0958. The molecular formula is C18H22ClN3O4S. The molecule has 146 valence electrons. The molecule has 27 heavy (non-hydrogen) atoms. The zero-order chi connectivity index (χ0) is 18.7. The molecule has 0 aliphatic heterocycles. The molecule has 1 amide bonds. The van der Waals surface area contributed by atoms with E-state index in [1.54, 1.807) is 31.3 Å². The topological polar surface area (TPSA) is 68.0 Å². The van der Waals surface area contributed by atoms with Crippen molar-refractivity contribution < 1.29 is 18.7 Å². The Kier molecular flexibility index (Phi) is 7.06. The van der Waals surface area contributed by atoms with Gasteiger partial charge in [-0.15, -0.1) is 12.4 Å². The summed E-state index contributed by atoms with van der Waals surface area (Å²) < 4.78 is 17.0. The number of halogens is 1. The van der Waals surface area contributed by atoms with E-state index in [-0.39, 0.29) is 24.1 Å². The van der Waals surface area contributed by atoms with E-state index >= 15 is 0 Å². The molecule has 7 nitrogen and oxygen atoms in total. The summed E-state index contributed by atoms with van der Waals surface area (Å²) in [4.78, 5) is 21.2. The molecule has 0 unspecified atom stereocenters. The third-order valence-electron chi connectivity index (χ3n) is 3.88. The number of carbonyl (C=O) groups is 1. The van der Waals surface area contributed by atoms with E-state index in [4.69, 9.17) is 13.9 Å². The number of benzene rings is 1. The van der Waals surface area contributed by atoms with Gasteiger partial charge in [0.1, 0.15) is 21.7 Å². The second-order valence-corrected chi connectivity index (χ2v) is 6.86. The zero-order valence-corrected chi connectivity index (χ0v) is 17.2. The molecule has 2 aromatic heterocycles. The highest BCUT2D eigenvalue weighted by atomic mass is 35.5. The Hall–Kier alpha value is -2.29. The number of carbonyl (C=O) groups excluding carboxylic acids is 1. The van der Waals surface area contributed by atoms with Crippen molar-refractivity contribution in [1.82, 2.24) is 9.88 Å². The van der Waals surface area contributed by atoms with Gasteiger partial charge in [0.15, 0.2) is 10.9 Å². The van der Waals surface area contributed by atoms with Crippen molar-refractivity contribution in [3.8, 4) is 11.5 Å². The number of thiazole rings is 1. The van der Waals surface area contributed by atoms with E-state index in [2.05, 4.69) is 4.98 Å². The van der Waals surface area contributed by atoms with Crippen molar-refractivity contribution >= 4 is 45.0 Å². The first-order chi connectivity index (χ1) is 12.5. The maximum atomic E-state index is 12.9. The third kappa shape index (κ3) is 4.35. The van der Waals surface area contributed by atoms with Crippen molar-refractivity contribution in [3.05, 3.63) is 36.3 Å². The predicted octanol–water partition coefficient (Wildman–Crippen LogP) is 3.54. The number of likely N-dealkylation sites (N-methyl/N-ethyl adjacent to an activating group) is 1. The minimum atomic E-state index is -0.228. The monoisotopic (exact) mass is 411 g/mol. The maximum absolute atomic E-state index is 12.9. The standard InChI is InChI=1S/C18H21N3O4S.ClH/c1-20(2)9-10-21(17(22)14-6-5-11-25-14)18-19-15-12(23-3)7-8-13(24-4)16(15)26-18;/h5-8,11H,9-10H2,1-4H3;1H. The lowest BCUT2D eigenvalue weighted by Gasteiger charge is -2.20. The summed E-state index contributed by atoms with van der Waals surface area (Å²) in [5.41, 5.74) is 0.675. The highest BCUT2D eigenvalue weighted by Gasteiger charge is 2.25. The number of ether oxygens (including phenoxy) is 2. The second-order valence-electron chi connectivity index (χ2n) is 5.88. The van der Waals surface area contributed by atoms with Crippen LogP contribution >= 0.6 is 23.7 Å². The van der Waals surface area contributed by atoms with Crippen molar-refractivity contribution in [2.75, 3.05) is 46.3 Å². The van der Waals surface area contributed by atoms with E-state index in [0.29, 0.717) is 35.2 Å². The van der Waals surface area contributed by atoms with Gasteiger partial charge in [-0.2, -0.15) is 0 Å². The molecule has 0 radical (unpaired) electrons. The minimum absolute atomic E-state index is 0. The Morgan fingerprint density at radius 3 is 2.44 bits per heavy atom. The first-order valence-electron chi connectivity index (χ1n) is 8.06. The van der Waals surface area contributed by atoms with Gasteiger partial charge in [-0.1, -0.05) is 11.3 Å². The van der Waals surface area contributed by atoms with Crippen LogP contribution in [0.5, 0.6) is 11.5 Å². The molecule has 0 aliphatic carbocycles. The molecule has 0 saturated heterocycles. The van der Waals surface area contributed by atoms with Crippen LogP contribution in [0.15, 0.2) is 34.9 Å². The highest BCUT2D eigenvalue weighted by molar-refractivity contribution is 7.22. The molecule has 0 aliphatic rings. The number of rotatable bonds is 7. The fourth-order valence-electron chi connectivity index (χ4n) is 2.51. The van der Waals surface area contributed by atoms with E-state index in [9.17, 15) is 4.79 Å². The van der Waals surface area contributed by atoms with Crippen LogP contribution in [-0.2, 0) is 0 Å². The molecule has 2 heterocycles. The predicted molar refractivity (Wildman–Crippen MR) is 109 cm³/mol. The van der Waals surface area contributed by atoms with Crippen LogP contribution in [0, 0.1) is 0 Å². The SMILES string of the molecule is COc1ccc(OC)c2sc(N(CCN(C)C)C(=O)c3ccco3)nc12.Cl. The molecular weight excluding hydrogens is 390 g/mol. The van der Waals surface area contributed by atoms with Crippen molar-refractivity contribution in [3.63, 3.8) is 0 Å². The van der Waals surface area contributed by atoms with Crippen molar-refractivity contribution in [2.45, 2.75) is 0 Å². The van der Waals surface area contributed by atoms with Crippen LogP contribution in [0.25, 0.3) is 10.2 Å². The average Bonchev–Trinajstić information content (AvgIpc) is 3.30. The van der Waals surface area contributed by atoms with Gasteiger partial charge in [0, 0.05) is 13.1 Å². The number of hydrogen-bond donors (Lipinski definition) is 0. The summed E-state index contributed by atoms with van der Waals surface area (Å²) in [5.74, 6) is 1.39. The summed E-state index contributed by atoms with van der Waals surface area (Å²) in [5, 5.41) is 0.575. The number of fused-ring (bicyclic) bond motifs is 1. The molecule has 0 atom stereocenters. The Bertz CT molecular complexity index is 855. The number of amides is 1. The molecule has 3 rings (SSSR count). The number of anilines is 1. The van der Waals surface area contributed by atoms with Gasteiger partial charge in [0.25, 0.3) is 5.91 Å². The summed E-state index contributed by atoms with van der Waals surface area (Å²) in [7, 11) is 7.12. The van der Waals surface area contributed by atoms with Crippen LogP contribution in [0.1, 0.15) is 10.6 Å². The summed E-state index contributed by atoms with van der Waals surface area (Å²) in [6, 6.07) is 6.99. The fourth-order valence-corrected chi connectivity index (χ4v) is 3.61. The van der Waals surface area contributed by atoms with Crippen LogP contribution in [0.4, 0.5) is 5.13 Å². The molecule has 9 heteroatoms. The number of furan rings is 1. The summed E-state index contributed by atoms with van der Waals surface area (Å²) in [6.45, 7) is 1.17.